The number of aromatic nitrogens is 1. The molecule has 3 rings (SSSR count). The Hall–Kier alpha value is -1.72. The molecule has 1 aliphatic heterocycles. The van der Waals surface area contributed by atoms with Crippen molar-refractivity contribution in [3.05, 3.63) is 52.0 Å². The Kier molecular flexibility index (Phi) is 7.02. The van der Waals surface area contributed by atoms with Gasteiger partial charge in [0.2, 0.25) is 0 Å². The average Bonchev–Trinajstić information content (AvgIpc) is 3.18. The van der Waals surface area contributed by atoms with Gasteiger partial charge in [-0.05, 0) is 44.3 Å². The van der Waals surface area contributed by atoms with Gasteiger partial charge in [0.1, 0.15) is 5.69 Å². The molecular weight excluding hydrogens is 354 g/mol. The van der Waals surface area contributed by atoms with Crippen molar-refractivity contribution in [3.8, 4) is 0 Å². The molecule has 0 radical (unpaired) electrons. The Morgan fingerprint density at radius 3 is 2.81 bits per heavy atom. The SMILES string of the molecule is CC(C)c1nc(C(=O)N(C)[C@H]2CCCN(CCCc3ccccc3)C2)cs1. The summed E-state index contributed by atoms with van der Waals surface area (Å²) in [6, 6.07) is 11.0. The van der Waals surface area contributed by atoms with Crippen LogP contribution in [-0.4, -0.2) is 53.4 Å². The number of amides is 1. The van der Waals surface area contributed by atoms with E-state index in [1.807, 2.05) is 17.3 Å². The molecule has 1 aliphatic rings. The van der Waals surface area contributed by atoms with Gasteiger partial charge in [-0.2, -0.15) is 0 Å². The maximum Gasteiger partial charge on any atom is 0.273 e. The number of likely N-dealkylation sites (tertiary alicyclic amines) is 1. The van der Waals surface area contributed by atoms with Crippen molar-refractivity contribution in [2.45, 2.75) is 51.5 Å². The second-order valence-electron chi connectivity index (χ2n) is 7.83. The van der Waals surface area contributed by atoms with Crippen molar-refractivity contribution in [2.75, 3.05) is 26.7 Å². The van der Waals surface area contributed by atoms with E-state index in [4.69, 9.17) is 0 Å². The molecule has 0 saturated carbocycles. The number of nitrogens with zero attached hydrogens (tertiary/aromatic N) is 3. The van der Waals surface area contributed by atoms with Crippen molar-refractivity contribution >= 4 is 17.2 Å². The topological polar surface area (TPSA) is 36.4 Å². The summed E-state index contributed by atoms with van der Waals surface area (Å²) < 4.78 is 0. The maximum absolute atomic E-state index is 12.8. The van der Waals surface area contributed by atoms with Crippen LogP contribution in [0.15, 0.2) is 35.7 Å². The molecule has 2 heterocycles. The summed E-state index contributed by atoms with van der Waals surface area (Å²) >= 11 is 1.59. The molecule has 27 heavy (non-hydrogen) atoms. The number of rotatable bonds is 7. The highest BCUT2D eigenvalue weighted by Gasteiger charge is 2.27. The molecule has 0 unspecified atom stereocenters. The largest absolute Gasteiger partial charge is 0.336 e. The molecule has 1 saturated heterocycles. The van der Waals surface area contributed by atoms with Crippen LogP contribution in [0.4, 0.5) is 0 Å². The van der Waals surface area contributed by atoms with Gasteiger partial charge < -0.3 is 9.80 Å². The van der Waals surface area contributed by atoms with Crippen LogP contribution in [0.1, 0.15) is 60.1 Å². The number of carbonyl (C=O) groups is 1. The second kappa shape index (κ2) is 9.47. The van der Waals surface area contributed by atoms with E-state index in [9.17, 15) is 4.79 Å². The first-order chi connectivity index (χ1) is 13.0. The molecule has 0 spiro atoms. The highest BCUT2D eigenvalue weighted by Crippen LogP contribution is 2.22. The third-order valence-electron chi connectivity index (χ3n) is 5.37. The number of thiazole rings is 1. The van der Waals surface area contributed by atoms with E-state index in [2.05, 4.69) is 54.1 Å². The summed E-state index contributed by atoms with van der Waals surface area (Å²) in [7, 11) is 1.94. The number of benzene rings is 1. The van der Waals surface area contributed by atoms with Crippen LogP contribution < -0.4 is 0 Å². The summed E-state index contributed by atoms with van der Waals surface area (Å²) in [5.41, 5.74) is 2.01. The minimum atomic E-state index is 0.0642. The van der Waals surface area contributed by atoms with Gasteiger partial charge in [-0.3, -0.25) is 4.79 Å². The van der Waals surface area contributed by atoms with Crippen LogP contribution in [-0.2, 0) is 6.42 Å². The Labute approximate surface area is 167 Å². The number of aryl methyl sites for hydroxylation is 1. The Morgan fingerprint density at radius 2 is 2.11 bits per heavy atom. The van der Waals surface area contributed by atoms with Gasteiger partial charge in [-0.15, -0.1) is 11.3 Å². The quantitative estimate of drug-likeness (QED) is 0.707. The first-order valence-electron chi connectivity index (χ1n) is 10.0. The number of likely N-dealkylation sites (N-methyl/N-ethyl adjacent to an activating group) is 1. The molecule has 4 nitrogen and oxygen atoms in total. The van der Waals surface area contributed by atoms with Gasteiger partial charge in [0.15, 0.2) is 0 Å². The van der Waals surface area contributed by atoms with Crippen LogP contribution in [0.25, 0.3) is 0 Å². The number of hydrogen-bond donors (Lipinski definition) is 0. The number of hydrogen-bond acceptors (Lipinski definition) is 4. The number of carbonyl (C=O) groups excluding carboxylic acids is 1. The van der Waals surface area contributed by atoms with Gasteiger partial charge >= 0.3 is 0 Å². The highest BCUT2D eigenvalue weighted by molar-refractivity contribution is 7.09. The van der Waals surface area contributed by atoms with E-state index in [0.717, 1.165) is 50.3 Å². The van der Waals surface area contributed by atoms with Gasteiger partial charge in [0.25, 0.3) is 5.91 Å². The van der Waals surface area contributed by atoms with Crippen molar-refractivity contribution in [2.24, 2.45) is 0 Å². The zero-order valence-electron chi connectivity index (χ0n) is 16.7. The van der Waals surface area contributed by atoms with Crippen LogP contribution in [0.3, 0.4) is 0 Å². The monoisotopic (exact) mass is 385 g/mol. The van der Waals surface area contributed by atoms with E-state index in [1.54, 1.807) is 11.3 Å². The lowest BCUT2D eigenvalue weighted by molar-refractivity contribution is 0.0612. The van der Waals surface area contributed by atoms with E-state index < -0.39 is 0 Å². The number of piperidine rings is 1. The van der Waals surface area contributed by atoms with Gasteiger partial charge in [-0.25, -0.2) is 4.98 Å². The normalized spacial score (nSPS) is 18.0. The molecule has 2 aromatic rings. The van der Waals surface area contributed by atoms with Gasteiger partial charge in [-0.1, -0.05) is 44.2 Å². The third-order valence-corrected chi connectivity index (χ3v) is 6.51. The fraction of sp³-hybridized carbons (Fsp3) is 0.545. The molecule has 1 aromatic carbocycles. The molecule has 1 aromatic heterocycles. The Morgan fingerprint density at radius 1 is 1.33 bits per heavy atom. The van der Waals surface area contributed by atoms with Crippen molar-refractivity contribution < 1.29 is 4.79 Å². The van der Waals surface area contributed by atoms with E-state index in [-0.39, 0.29) is 11.9 Å². The minimum absolute atomic E-state index is 0.0642. The summed E-state index contributed by atoms with van der Waals surface area (Å²) in [4.78, 5) is 21.8. The predicted molar refractivity (Wildman–Crippen MR) is 113 cm³/mol. The third kappa shape index (κ3) is 5.39. The lowest BCUT2D eigenvalue weighted by Gasteiger charge is -2.37. The molecule has 0 bridgehead atoms. The van der Waals surface area contributed by atoms with Crippen LogP contribution in [0.2, 0.25) is 0 Å². The highest BCUT2D eigenvalue weighted by atomic mass is 32.1. The van der Waals surface area contributed by atoms with E-state index >= 15 is 0 Å². The zero-order valence-corrected chi connectivity index (χ0v) is 17.5. The Bertz CT molecular complexity index is 728. The summed E-state index contributed by atoms with van der Waals surface area (Å²) in [5, 5.41) is 2.95. The molecule has 0 N–H and O–H groups in total. The van der Waals surface area contributed by atoms with Gasteiger partial charge in [0.05, 0.1) is 5.01 Å². The van der Waals surface area contributed by atoms with E-state index in [1.165, 1.54) is 5.56 Å². The lowest BCUT2D eigenvalue weighted by atomic mass is 10.0. The molecule has 0 aliphatic carbocycles. The molecule has 5 heteroatoms. The van der Waals surface area contributed by atoms with Gasteiger partial charge in [0, 0.05) is 30.9 Å². The van der Waals surface area contributed by atoms with Crippen LogP contribution in [0.5, 0.6) is 0 Å². The maximum atomic E-state index is 12.8. The second-order valence-corrected chi connectivity index (χ2v) is 8.72. The molecular formula is C22H31N3OS. The smallest absolute Gasteiger partial charge is 0.273 e. The lowest BCUT2D eigenvalue weighted by Crippen LogP contribution is -2.48. The minimum Gasteiger partial charge on any atom is -0.336 e. The molecule has 1 fully saturated rings. The summed E-state index contributed by atoms with van der Waals surface area (Å²) in [6.07, 6.45) is 4.52. The van der Waals surface area contributed by atoms with Crippen molar-refractivity contribution in [1.82, 2.24) is 14.8 Å². The predicted octanol–water partition coefficient (Wildman–Crippen LogP) is 4.44. The first kappa shape index (κ1) is 20.0. The fourth-order valence-electron chi connectivity index (χ4n) is 3.70. The van der Waals surface area contributed by atoms with Crippen LogP contribution >= 0.6 is 11.3 Å². The van der Waals surface area contributed by atoms with Crippen molar-refractivity contribution in [1.29, 1.82) is 0 Å². The Balaban J connectivity index is 1.51. The summed E-state index contributed by atoms with van der Waals surface area (Å²) in [6.45, 7) is 7.44. The molecule has 146 valence electrons. The van der Waals surface area contributed by atoms with Crippen LogP contribution in [0, 0.1) is 0 Å². The average molecular weight is 386 g/mol. The molecule has 1 atom stereocenters. The van der Waals surface area contributed by atoms with E-state index in [0.29, 0.717) is 11.6 Å². The zero-order chi connectivity index (χ0) is 19.2. The first-order valence-corrected chi connectivity index (χ1v) is 10.9. The standard InChI is InChI=1S/C22H31N3OS/c1-17(2)21-23-20(16-27-21)22(26)24(3)19-12-8-14-25(15-19)13-7-11-18-9-5-4-6-10-18/h4-6,9-10,16-17,19H,7-8,11-15H2,1-3H3/t19-/m0/s1. The fourth-order valence-corrected chi connectivity index (χ4v) is 4.51. The molecule has 1 amide bonds. The summed E-state index contributed by atoms with van der Waals surface area (Å²) in [5.74, 6) is 0.436. The van der Waals surface area contributed by atoms with Crippen molar-refractivity contribution in [3.63, 3.8) is 0 Å².